The number of hydrogen-bond acceptors (Lipinski definition) is 4. The van der Waals surface area contributed by atoms with Crippen LogP contribution >= 0.6 is 15.9 Å². The molecule has 1 aromatic heterocycles. The van der Waals surface area contributed by atoms with E-state index >= 15 is 0 Å². The van der Waals surface area contributed by atoms with E-state index in [0.29, 0.717) is 10.2 Å². The molecule has 1 aromatic carbocycles. The molecule has 0 saturated heterocycles. The lowest BCUT2D eigenvalue weighted by atomic mass is 10.2. The van der Waals surface area contributed by atoms with Crippen molar-refractivity contribution in [1.29, 1.82) is 10.5 Å². The summed E-state index contributed by atoms with van der Waals surface area (Å²) in [7, 11) is 0. The van der Waals surface area contributed by atoms with E-state index in [2.05, 4.69) is 15.9 Å². The van der Waals surface area contributed by atoms with Crippen LogP contribution < -0.4 is 10.4 Å². The van der Waals surface area contributed by atoms with Gasteiger partial charge in [-0.2, -0.15) is 10.5 Å². The van der Waals surface area contributed by atoms with Gasteiger partial charge in [0, 0.05) is 12.6 Å². The van der Waals surface area contributed by atoms with Gasteiger partial charge in [-0.25, -0.2) is 13.8 Å². The summed E-state index contributed by atoms with van der Waals surface area (Å²) >= 11 is 3.21. The first-order valence-corrected chi connectivity index (χ1v) is 7.96. The van der Waals surface area contributed by atoms with Gasteiger partial charge >= 0.3 is 5.69 Å². The highest BCUT2D eigenvalue weighted by Gasteiger charge is 2.23. The fraction of sp³-hybridized carbons (Fsp3) is 0.312. The topological polar surface area (TPSA) is 83.7 Å². The maximum Gasteiger partial charge on any atom is 0.334 e. The van der Waals surface area contributed by atoms with Crippen LogP contribution in [0.4, 0.5) is 4.39 Å². The van der Waals surface area contributed by atoms with Crippen molar-refractivity contribution in [3.05, 3.63) is 44.3 Å². The normalized spacial score (nSPS) is 10.5. The molecular weight excluding hydrogens is 379 g/mol. The first kappa shape index (κ1) is 17.8. The smallest absolute Gasteiger partial charge is 0.334 e. The van der Waals surface area contributed by atoms with Gasteiger partial charge in [0.1, 0.15) is 23.7 Å². The second kappa shape index (κ2) is 6.90. The maximum atomic E-state index is 14.5. The lowest BCUT2D eigenvalue weighted by molar-refractivity contribution is 0.240. The number of nitriles is 2. The van der Waals surface area contributed by atoms with Crippen LogP contribution in [0.2, 0.25) is 0 Å². The molecule has 0 saturated carbocycles. The highest BCUT2D eigenvalue weighted by atomic mass is 79.9. The van der Waals surface area contributed by atoms with E-state index in [1.54, 1.807) is 6.92 Å². The fourth-order valence-electron chi connectivity index (χ4n) is 2.31. The van der Waals surface area contributed by atoms with E-state index < -0.39 is 11.5 Å². The number of aromatic nitrogens is 2. The van der Waals surface area contributed by atoms with Crippen LogP contribution in [0.25, 0.3) is 5.69 Å². The van der Waals surface area contributed by atoms with Crippen molar-refractivity contribution >= 4 is 15.9 Å². The maximum absolute atomic E-state index is 14.5. The summed E-state index contributed by atoms with van der Waals surface area (Å²) < 4.78 is 22.4. The molecule has 8 heteroatoms. The monoisotopic (exact) mass is 392 g/mol. The first-order valence-electron chi connectivity index (χ1n) is 7.17. The average Bonchev–Trinajstić information content (AvgIpc) is 2.80. The zero-order valence-electron chi connectivity index (χ0n) is 13.3. The Hall–Kier alpha value is -2.58. The van der Waals surface area contributed by atoms with Crippen LogP contribution in [0, 0.1) is 28.5 Å². The molecule has 0 fully saturated rings. The molecule has 124 valence electrons. The second-order valence-corrected chi connectivity index (χ2v) is 6.04. The largest absolute Gasteiger partial charge is 0.490 e. The number of imidazole rings is 1. The van der Waals surface area contributed by atoms with Gasteiger partial charge in [0.2, 0.25) is 0 Å². The van der Waals surface area contributed by atoms with Crippen LogP contribution in [0.15, 0.2) is 21.4 Å². The summed E-state index contributed by atoms with van der Waals surface area (Å²) in [5.41, 5.74) is -1.10. The van der Waals surface area contributed by atoms with E-state index in [0.717, 1.165) is 15.2 Å². The Morgan fingerprint density at radius 1 is 1.29 bits per heavy atom. The van der Waals surface area contributed by atoms with Crippen molar-refractivity contribution in [3.8, 4) is 23.6 Å². The molecule has 1 heterocycles. The predicted octanol–water partition coefficient (Wildman–Crippen LogP) is 3.09. The molecule has 0 aliphatic heterocycles. The molecule has 6 nitrogen and oxygen atoms in total. The Kier molecular flexibility index (Phi) is 5.10. The van der Waals surface area contributed by atoms with E-state index in [-0.39, 0.29) is 29.7 Å². The van der Waals surface area contributed by atoms with Crippen molar-refractivity contribution in [2.45, 2.75) is 33.4 Å². The first-order chi connectivity index (χ1) is 11.3. The lowest BCUT2D eigenvalue weighted by Crippen LogP contribution is -2.24. The Labute approximate surface area is 146 Å². The minimum atomic E-state index is -0.714. The second-order valence-electron chi connectivity index (χ2n) is 5.18. The van der Waals surface area contributed by atoms with E-state index in [1.165, 1.54) is 6.07 Å². The lowest BCUT2D eigenvalue weighted by Gasteiger charge is -2.14. The minimum Gasteiger partial charge on any atom is -0.490 e. The highest BCUT2D eigenvalue weighted by Crippen LogP contribution is 2.31. The van der Waals surface area contributed by atoms with Gasteiger partial charge in [0.05, 0.1) is 16.3 Å². The third kappa shape index (κ3) is 2.93. The van der Waals surface area contributed by atoms with Crippen LogP contribution in [-0.4, -0.2) is 15.2 Å². The van der Waals surface area contributed by atoms with Gasteiger partial charge < -0.3 is 4.74 Å². The molecule has 0 spiro atoms. The fourth-order valence-corrected chi connectivity index (χ4v) is 2.72. The number of hydrogen-bond donors (Lipinski definition) is 0. The number of benzene rings is 1. The molecule has 0 unspecified atom stereocenters. The van der Waals surface area contributed by atoms with Crippen LogP contribution in [-0.2, 0) is 6.54 Å². The van der Waals surface area contributed by atoms with Crippen molar-refractivity contribution in [1.82, 2.24) is 9.13 Å². The SMILES string of the molecule is CCn1c(C#N)c(C#N)n(-c2cc(OC(C)C)c(Br)cc2F)c1=O. The van der Waals surface area contributed by atoms with Crippen molar-refractivity contribution < 1.29 is 9.13 Å². The van der Waals surface area contributed by atoms with Gasteiger partial charge in [-0.3, -0.25) is 4.57 Å². The zero-order chi connectivity index (χ0) is 18.0. The predicted molar refractivity (Wildman–Crippen MR) is 88.6 cm³/mol. The molecule has 0 aliphatic rings. The number of rotatable bonds is 4. The van der Waals surface area contributed by atoms with Crippen LogP contribution in [0.1, 0.15) is 32.2 Å². The summed E-state index contributed by atoms with van der Waals surface area (Å²) in [5.74, 6) is -0.380. The van der Waals surface area contributed by atoms with E-state index in [9.17, 15) is 19.7 Å². The molecule has 2 aromatic rings. The van der Waals surface area contributed by atoms with Gasteiger partial charge in [-0.1, -0.05) is 0 Å². The minimum absolute atomic E-state index is 0.0985. The Bertz CT molecular complexity index is 932. The van der Waals surface area contributed by atoms with Gasteiger partial charge in [0.25, 0.3) is 0 Å². The number of halogens is 2. The van der Waals surface area contributed by atoms with Crippen molar-refractivity contribution in [2.24, 2.45) is 0 Å². The summed E-state index contributed by atoms with van der Waals surface area (Å²) in [6.45, 7) is 5.48. The quantitative estimate of drug-likeness (QED) is 0.799. The highest BCUT2D eigenvalue weighted by molar-refractivity contribution is 9.10. The molecule has 0 N–H and O–H groups in total. The summed E-state index contributed by atoms with van der Waals surface area (Å²) in [4.78, 5) is 12.5. The number of ether oxygens (including phenoxy) is 1. The summed E-state index contributed by atoms with van der Waals surface area (Å²) in [5, 5.41) is 18.6. The molecule has 24 heavy (non-hydrogen) atoms. The van der Waals surface area contributed by atoms with Gasteiger partial charge in [-0.15, -0.1) is 0 Å². The van der Waals surface area contributed by atoms with Crippen molar-refractivity contribution in [3.63, 3.8) is 0 Å². The average molecular weight is 393 g/mol. The zero-order valence-corrected chi connectivity index (χ0v) is 14.9. The third-order valence-electron chi connectivity index (χ3n) is 3.27. The van der Waals surface area contributed by atoms with Gasteiger partial charge in [-0.05, 0) is 42.8 Å². The number of nitrogens with zero attached hydrogens (tertiary/aromatic N) is 4. The third-order valence-corrected chi connectivity index (χ3v) is 3.89. The van der Waals surface area contributed by atoms with E-state index in [4.69, 9.17) is 4.74 Å². The molecule has 0 radical (unpaired) electrons. The Morgan fingerprint density at radius 3 is 2.42 bits per heavy atom. The molecule has 0 aliphatic carbocycles. The molecule has 0 atom stereocenters. The standard InChI is InChI=1S/C16H14BrFN4O2/c1-4-21-13(7-19)14(8-20)22(16(21)23)12-6-15(24-9(2)3)10(17)5-11(12)18/h5-6,9H,4H2,1-3H3. The van der Waals surface area contributed by atoms with E-state index in [1.807, 2.05) is 26.0 Å². The Morgan fingerprint density at radius 2 is 1.92 bits per heavy atom. The Balaban J connectivity index is 2.83. The summed E-state index contributed by atoms with van der Waals surface area (Å²) in [6, 6.07) is 6.14. The van der Waals surface area contributed by atoms with Crippen LogP contribution in [0.3, 0.4) is 0 Å². The molecular formula is C16H14BrFN4O2. The van der Waals surface area contributed by atoms with Crippen molar-refractivity contribution in [2.75, 3.05) is 0 Å². The summed E-state index contributed by atoms with van der Waals surface area (Å²) in [6.07, 6.45) is -0.165. The molecule has 0 bridgehead atoms. The van der Waals surface area contributed by atoms with Crippen LogP contribution in [0.5, 0.6) is 5.75 Å². The van der Waals surface area contributed by atoms with Gasteiger partial charge in [0.15, 0.2) is 11.4 Å². The molecule has 0 amide bonds. The molecule has 2 rings (SSSR count).